The largest absolute Gasteiger partial charge is 0.265 e. The van der Waals surface area contributed by atoms with Crippen LogP contribution in [0.2, 0.25) is 0 Å². The third-order valence-corrected chi connectivity index (χ3v) is 1.44. The lowest BCUT2D eigenvalue weighted by molar-refractivity contribution is 1.08. The zero-order valence-electron chi connectivity index (χ0n) is 6.75. The van der Waals surface area contributed by atoms with E-state index >= 15 is 0 Å². The van der Waals surface area contributed by atoms with Crippen LogP contribution in [0.4, 0.5) is 5.95 Å². The molecule has 2 aromatic rings. The molecular weight excluding hydrogens is 166 g/mol. The first-order chi connectivity index (χ1) is 6.45. The first-order valence-corrected chi connectivity index (χ1v) is 3.74. The molecule has 0 fully saturated rings. The Labute approximate surface area is 74.6 Å². The maximum Gasteiger partial charge on any atom is 0.245 e. The second-order valence-electron chi connectivity index (χ2n) is 2.35. The lowest BCUT2D eigenvalue weighted by Crippen LogP contribution is -1.80. The Morgan fingerprint density at radius 2 is 2.15 bits per heavy atom. The quantitative estimate of drug-likeness (QED) is 0.687. The van der Waals surface area contributed by atoms with Gasteiger partial charge in [-0.1, -0.05) is 0 Å². The second kappa shape index (κ2) is 3.57. The molecule has 1 N–H and O–H groups in total. The van der Waals surface area contributed by atoms with Crippen LogP contribution in [0.5, 0.6) is 0 Å². The molecule has 0 aliphatic rings. The van der Waals surface area contributed by atoms with Crippen LogP contribution in [0.3, 0.4) is 0 Å². The number of nitrogens with zero attached hydrogens (tertiary/aromatic N) is 4. The molecule has 2 aromatic heterocycles. The molecule has 2 rings (SSSR count). The highest BCUT2D eigenvalue weighted by molar-refractivity contribution is 5.80. The Morgan fingerprint density at radius 3 is 2.85 bits per heavy atom. The average molecular weight is 173 g/mol. The summed E-state index contributed by atoms with van der Waals surface area (Å²) in [6.07, 6.45) is 6.53. The summed E-state index contributed by atoms with van der Waals surface area (Å²) in [7, 11) is 0. The molecule has 0 atom stereocenters. The Kier molecular flexibility index (Phi) is 2.09. The number of H-pyrrole nitrogens is 1. The molecule has 13 heavy (non-hydrogen) atoms. The van der Waals surface area contributed by atoms with E-state index < -0.39 is 0 Å². The van der Waals surface area contributed by atoms with Crippen molar-refractivity contribution in [2.24, 2.45) is 4.99 Å². The number of hydrogen-bond acceptors (Lipinski definition) is 4. The molecular formula is C8H7N5. The van der Waals surface area contributed by atoms with Crippen molar-refractivity contribution in [1.29, 1.82) is 0 Å². The molecule has 0 saturated heterocycles. The maximum atomic E-state index is 4.05. The third-order valence-electron chi connectivity index (χ3n) is 1.44. The predicted octanol–water partition coefficient (Wildman–Crippen LogP) is 0.950. The fourth-order valence-electron chi connectivity index (χ4n) is 0.846. The topological polar surface area (TPSA) is 66.8 Å². The molecule has 2 heterocycles. The fourth-order valence-corrected chi connectivity index (χ4v) is 0.846. The van der Waals surface area contributed by atoms with Gasteiger partial charge in [-0.15, -0.1) is 0 Å². The highest BCUT2D eigenvalue weighted by atomic mass is 15.2. The number of aromatic amines is 1. The number of pyridine rings is 1. The highest BCUT2D eigenvalue weighted by Gasteiger charge is 1.88. The van der Waals surface area contributed by atoms with Crippen LogP contribution in [-0.2, 0) is 0 Å². The lowest BCUT2D eigenvalue weighted by Gasteiger charge is -1.87. The minimum Gasteiger partial charge on any atom is -0.265 e. The van der Waals surface area contributed by atoms with Crippen LogP contribution in [0.15, 0.2) is 35.8 Å². The molecule has 0 unspecified atom stereocenters. The number of hydrogen-bond donors (Lipinski definition) is 1. The van der Waals surface area contributed by atoms with E-state index in [1.54, 1.807) is 18.6 Å². The summed E-state index contributed by atoms with van der Waals surface area (Å²) < 4.78 is 0. The van der Waals surface area contributed by atoms with Gasteiger partial charge >= 0.3 is 0 Å². The summed E-state index contributed by atoms with van der Waals surface area (Å²) in [6, 6.07) is 3.72. The van der Waals surface area contributed by atoms with E-state index in [1.807, 2.05) is 12.1 Å². The summed E-state index contributed by atoms with van der Waals surface area (Å²) in [4.78, 5) is 11.8. The van der Waals surface area contributed by atoms with Gasteiger partial charge in [0.2, 0.25) is 5.95 Å². The molecule has 5 heteroatoms. The van der Waals surface area contributed by atoms with Crippen LogP contribution < -0.4 is 0 Å². The van der Waals surface area contributed by atoms with Crippen molar-refractivity contribution in [3.8, 4) is 0 Å². The van der Waals surface area contributed by atoms with Crippen molar-refractivity contribution in [3.05, 3.63) is 36.4 Å². The van der Waals surface area contributed by atoms with Gasteiger partial charge in [-0.3, -0.25) is 4.98 Å². The number of rotatable bonds is 2. The van der Waals surface area contributed by atoms with Crippen molar-refractivity contribution in [2.75, 3.05) is 0 Å². The molecule has 64 valence electrons. The van der Waals surface area contributed by atoms with Gasteiger partial charge in [-0.25, -0.2) is 10.1 Å². The maximum absolute atomic E-state index is 4.05. The molecule has 0 bridgehead atoms. The normalized spacial score (nSPS) is 10.8. The predicted molar refractivity (Wildman–Crippen MR) is 47.9 cm³/mol. The monoisotopic (exact) mass is 173 g/mol. The molecule has 0 aliphatic carbocycles. The van der Waals surface area contributed by atoms with Crippen LogP contribution >= 0.6 is 0 Å². The Morgan fingerprint density at radius 1 is 1.31 bits per heavy atom. The van der Waals surface area contributed by atoms with Gasteiger partial charge in [0.25, 0.3) is 0 Å². The van der Waals surface area contributed by atoms with Crippen molar-refractivity contribution in [3.63, 3.8) is 0 Å². The van der Waals surface area contributed by atoms with Crippen molar-refractivity contribution < 1.29 is 0 Å². The van der Waals surface area contributed by atoms with Crippen LogP contribution in [0.25, 0.3) is 0 Å². The van der Waals surface area contributed by atoms with Gasteiger partial charge in [-0.05, 0) is 17.7 Å². The number of aliphatic imine (C=N–C) groups is 1. The molecule has 5 nitrogen and oxygen atoms in total. The SMILES string of the molecule is C(=Nc1ncn[nH]1)c1ccncc1. The fraction of sp³-hybridized carbons (Fsp3) is 0. The van der Waals surface area contributed by atoms with Gasteiger partial charge in [-0.2, -0.15) is 10.1 Å². The number of nitrogens with one attached hydrogen (secondary N) is 1. The average Bonchev–Trinajstić information content (AvgIpc) is 2.69. The third kappa shape index (κ3) is 1.96. The van der Waals surface area contributed by atoms with Gasteiger partial charge < -0.3 is 0 Å². The van der Waals surface area contributed by atoms with E-state index in [2.05, 4.69) is 25.2 Å². The van der Waals surface area contributed by atoms with E-state index in [0.717, 1.165) is 5.56 Å². The lowest BCUT2D eigenvalue weighted by atomic mass is 10.3. The minimum absolute atomic E-state index is 0.497. The first-order valence-electron chi connectivity index (χ1n) is 3.74. The molecule has 0 saturated carbocycles. The standard InChI is InChI=1S/C8H7N5/c1-3-9-4-2-7(1)5-10-8-11-6-12-13-8/h1-6H,(H,11,12,13). The van der Waals surface area contributed by atoms with Gasteiger partial charge in [0.1, 0.15) is 6.33 Å². The van der Waals surface area contributed by atoms with Crippen molar-refractivity contribution in [1.82, 2.24) is 20.2 Å². The molecule has 0 amide bonds. The van der Waals surface area contributed by atoms with Crippen LogP contribution in [0, 0.1) is 0 Å². The summed E-state index contributed by atoms with van der Waals surface area (Å²) in [5, 5.41) is 6.30. The van der Waals surface area contributed by atoms with Crippen LogP contribution in [0.1, 0.15) is 5.56 Å². The van der Waals surface area contributed by atoms with E-state index in [-0.39, 0.29) is 0 Å². The van der Waals surface area contributed by atoms with E-state index in [0.29, 0.717) is 5.95 Å². The highest BCUT2D eigenvalue weighted by Crippen LogP contribution is 1.99. The summed E-state index contributed by atoms with van der Waals surface area (Å²) in [5.74, 6) is 0.497. The van der Waals surface area contributed by atoms with E-state index in [9.17, 15) is 0 Å². The Hall–Kier alpha value is -2.04. The molecule has 0 aromatic carbocycles. The second-order valence-corrected chi connectivity index (χ2v) is 2.35. The zero-order valence-corrected chi connectivity index (χ0v) is 6.75. The van der Waals surface area contributed by atoms with E-state index in [4.69, 9.17) is 0 Å². The zero-order chi connectivity index (χ0) is 8.93. The number of aromatic nitrogens is 4. The summed E-state index contributed by atoms with van der Waals surface area (Å²) >= 11 is 0. The first kappa shape index (κ1) is 7.60. The van der Waals surface area contributed by atoms with Crippen molar-refractivity contribution in [2.45, 2.75) is 0 Å². The Bertz CT molecular complexity index is 378. The van der Waals surface area contributed by atoms with Gasteiger partial charge in [0.05, 0.1) is 0 Å². The van der Waals surface area contributed by atoms with Crippen LogP contribution in [-0.4, -0.2) is 26.4 Å². The summed E-state index contributed by atoms with van der Waals surface area (Å²) in [6.45, 7) is 0. The van der Waals surface area contributed by atoms with Gasteiger partial charge in [0.15, 0.2) is 0 Å². The Balaban J connectivity index is 2.15. The molecule has 0 aliphatic heterocycles. The van der Waals surface area contributed by atoms with E-state index in [1.165, 1.54) is 6.33 Å². The minimum atomic E-state index is 0.497. The molecule has 0 spiro atoms. The smallest absolute Gasteiger partial charge is 0.245 e. The van der Waals surface area contributed by atoms with Gasteiger partial charge in [0, 0.05) is 18.6 Å². The summed E-state index contributed by atoms with van der Waals surface area (Å²) in [5.41, 5.74) is 0.978. The molecule has 0 radical (unpaired) electrons. The van der Waals surface area contributed by atoms with Crippen molar-refractivity contribution >= 4 is 12.2 Å².